The molecule has 2 fully saturated rings. The summed E-state index contributed by atoms with van der Waals surface area (Å²) in [5, 5.41) is 3.62. The fourth-order valence-electron chi connectivity index (χ4n) is 2.76. The average Bonchev–Trinajstić information content (AvgIpc) is 2.97. The second-order valence-corrected chi connectivity index (χ2v) is 6.91. The topological polar surface area (TPSA) is 30.5 Å². The Balaban J connectivity index is 1.53. The van der Waals surface area contributed by atoms with Gasteiger partial charge in [-0.1, -0.05) is 11.6 Å². The molecule has 0 saturated carbocycles. The van der Waals surface area contributed by atoms with Crippen LogP contribution >= 0.6 is 22.9 Å². The van der Waals surface area contributed by atoms with Gasteiger partial charge in [-0.3, -0.25) is 0 Å². The summed E-state index contributed by atoms with van der Waals surface area (Å²) in [4.78, 5) is 1.29. The number of thiophene rings is 1. The normalized spacial score (nSPS) is 32.2. The summed E-state index contributed by atoms with van der Waals surface area (Å²) >= 11 is 7.58. The molecule has 2 atom stereocenters. The highest BCUT2D eigenvalue weighted by Crippen LogP contribution is 2.33. The summed E-state index contributed by atoms with van der Waals surface area (Å²) in [5.41, 5.74) is -0.0109. The lowest BCUT2D eigenvalue weighted by Gasteiger charge is -2.37. The first kappa shape index (κ1) is 12.9. The van der Waals surface area contributed by atoms with Crippen LogP contribution in [-0.4, -0.2) is 31.5 Å². The van der Waals surface area contributed by atoms with Crippen LogP contribution in [0, 0.1) is 0 Å². The van der Waals surface area contributed by atoms with E-state index in [1.807, 2.05) is 6.07 Å². The molecule has 1 aromatic heterocycles. The second kappa shape index (κ2) is 5.47. The van der Waals surface area contributed by atoms with Crippen LogP contribution in [0.2, 0.25) is 4.34 Å². The van der Waals surface area contributed by atoms with Crippen LogP contribution in [0.1, 0.15) is 24.1 Å². The molecule has 18 heavy (non-hydrogen) atoms. The van der Waals surface area contributed by atoms with Gasteiger partial charge in [0.15, 0.2) is 0 Å². The number of hydrogen-bond acceptors (Lipinski definition) is 4. The Bertz CT molecular complexity index is 403. The Hall–Kier alpha value is -0.130. The third-order valence-electron chi connectivity index (χ3n) is 3.75. The van der Waals surface area contributed by atoms with Gasteiger partial charge in [0.05, 0.1) is 16.5 Å². The highest BCUT2D eigenvalue weighted by Gasteiger charge is 2.40. The van der Waals surface area contributed by atoms with Gasteiger partial charge >= 0.3 is 0 Å². The summed E-state index contributed by atoms with van der Waals surface area (Å²) in [5.74, 6) is 0. The summed E-state index contributed by atoms with van der Waals surface area (Å²) in [6.07, 6.45) is 3.18. The zero-order valence-corrected chi connectivity index (χ0v) is 11.9. The van der Waals surface area contributed by atoms with Crippen LogP contribution in [-0.2, 0) is 16.0 Å². The SMILES string of the molecule is Clc1ccc(CNC2CCOC3(CCOC3)C2)s1. The molecule has 5 heteroatoms. The number of hydrogen-bond donors (Lipinski definition) is 1. The molecule has 1 aromatic rings. The van der Waals surface area contributed by atoms with Crippen molar-refractivity contribution < 1.29 is 9.47 Å². The van der Waals surface area contributed by atoms with Gasteiger partial charge in [0.2, 0.25) is 0 Å². The van der Waals surface area contributed by atoms with E-state index < -0.39 is 0 Å². The maximum Gasteiger partial charge on any atom is 0.0951 e. The Labute approximate surface area is 116 Å². The van der Waals surface area contributed by atoms with Gasteiger partial charge in [-0.25, -0.2) is 0 Å². The van der Waals surface area contributed by atoms with E-state index >= 15 is 0 Å². The summed E-state index contributed by atoms with van der Waals surface area (Å²) < 4.78 is 12.3. The molecule has 2 saturated heterocycles. The van der Waals surface area contributed by atoms with E-state index in [2.05, 4.69) is 11.4 Å². The van der Waals surface area contributed by atoms with Crippen molar-refractivity contribution in [2.24, 2.45) is 0 Å². The molecule has 1 N–H and O–H groups in total. The van der Waals surface area contributed by atoms with Crippen molar-refractivity contribution in [2.45, 2.75) is 37.5 Å². The number of nitrogens with one attached hydrogen (secondary N) is 1. The molecule has 1 spiro atoms. The zero-order valence-electron chi connectivity index (χ0n) is 10.3. The van der Waals surface area contributed by atoms with Gasteiger partial charge in [-0.2, -0.15) is 0 Å². The monoisotopic (exact) mass is 287 g/mol. The first-order chi connectivity index (χ1) is 8.76. The van der Waals surface area contributed by atoms with Gasteiger partial charge in [-0.05, 0) is 25.0 Å². The highest BCUT2D eigenvalue weighted by atomic mass is 35.5. The Morgan fingerprint density at radius 3 is 3.11 bits per heavy atom. The Morgan fingerprint density at radius 1 is 1.44 bits per heavy atom. The molecule has 3 rings (SSSR count). The average molecular weight is 288 g/mol. The molecule has 2 aliphatic rings. The van der Waals surface area contributed by atoms with Crippen molar-refractivity contribution in [2.75, 3.05) is 19.8 Å². The van der Waals surface area contributed by atoms with E-state index in [1.165, 1.54) is 4.88 Å². The molecular formula is C13H18ClNO2S. The van der Waals surface area contributed by atoms with Crippen LogP contribution < -0.4 is 5.32 Å². The lowest BCUT2D eigenvalue weighted by atomic mass is 9.90. The van der Waals surface area contributed by atoms with Gasteiger partial charge in [-0.15, -0.1) is 11.3 Å². The molecule has 3 heterocycles. The molecule has 2 unspecified atom stereocenters. The lowest BCUT2D eigenvalue weighted by Crippen LogP contribution is -2.47. The Kier molecular flexibility index (Phi) is 3.91. The Morgan fingerprint density at radius 2 is 2.39 bits per heavy atom. The molecule has 2 aliphatic heterocycles. The van der Waals surface area contributed by atoms with Crippen LogP contribution in [0.4, 0.5) is 0 Å². The second-order valence-electron chi connectivity index (χ2n) is 5.11. The summed E-state index contributed by atoms with van der Waals surface area (Å²) in [7, 11) is 0. The third kappa shape index (κ3) is 2.89. The number of halogens is 1. The van der Waals surface area contributed by atoms with Crippen molar-refractivity contribution >= 4 is 22.9 Å². The summed E-state index contributed by atoms with van der Waals surface area (Å²) in [6.45, 7) is 3.34. The lowest BCUT2D eigenvalue weighted by molar-refractivity contribution is -0.0894. The van der Waals surface area contributed by atoms with E-state index in [4.69, 9.17) is 21.1 Å². The first-order valence-electron chi connectivity index (χ1n) is 6.45. The van der Waals surface area contributed by atoms with E-state index in [9.17, 15) is 0 Å². The molecule has 0 aromatic carbocycles. The van der Waals surface area contributed by atoms with E-state index in [0.717, 1.165) is 50.0 Å². The minimum Gasteiger partial charge on any atom is -0.378 e. The molecule has 3 nitrogen and oxygen atoms in total. The van der Waals surface area contributed by atoms with E-state index in [1.54, 1.807) is 11.3 Å². The van der Waals surface area contributed by atoms with Crippen LogP contribution in [0.3, 0.4) is 0 Å². The maximum atomic E-state index is 5.93. The van der Waals surface area contributed by atoms with Gasteiger partial charge < -0.3 is 14.8 Å². The fraction of sp³-hybridized carbons (Fsp3) is 0.692. The molecule has 0 bridgehead atoms. The molecule has 0 radical (unpaired) electrons. The smallest absolute Gasteiger partial charge is 0.0951 e. The van der Waals surface area contributed by atoms with Crippen molar-refractivity contribution in [1.82, 2.24) is 5.32 Å². The van der Waals surface area contributed by atoms with Crippen molar-refractivity contribution in [3.8, 4) is 0 Å². The van der Waals surface area contributed by atoms with Crippen molar-refractivity contribution in [3.05, 3.63) is 21.3 Å². The zero-order chi connectivity index (χ0) is 12.4. The number of rotatable bonds is 3. The predicted octanol–water partition coefficient (Wildman–Crippen LogP) is 2.83. The van der Waals surface area contributed by atoms with E-state index in [0.29, 0.717) is 6.04 Å². The maximum absolute atomic E-state index is 5.93. The standard InChI is InChI=1S/C13H18ClNO2S/c14-12-2-1-11(18-12)8-15-10-3-5-17-13(7-10)4-6-16-9-13/h1-2,10,15H,3-9H2. The quantitative estimate of drug-likeness (QED) is 0.927. The van der Waals surface area contributed by atoms with Gasteiger partial charge in [0.25, 0.3) is 0 Å². The van der Waals surface area contributed by atoms with E-state index in [-0.39, 0.29) is 5.60 Å². The molecule has 0 amide bonds. The predicted molar refractivity (Wildman–Crippen MR) is 73.3 cm³/mol. The minimum absolute atomic E-state index is 0.0109. The van der Waals surface area contributed by atoms with Crippen LogP contribution in [0.25, 0.3) is 0 Å². The van der Waals surface area contributed by atoms with Gasteiger partial charge in [0, 0.05) is 37.1 Å². The number of ether oxygens (including phenoxy) is 2. The van der Waals surface area contributed by atoms with Crippen molar-refractivity contribution in [3.63, 3.8) is 0 Å². The molecular weight excluding hydrogens is 270 g/mol. The first-order valence-corrected chi connectivity index (χ1v) is 7.65. The third-order valence-corrected chi connectivity index (χ3v) is 4.99. The highest BCUT2D eigenvalue weighted by molar-refractivity contribution is 7.16. The van der Waals surface area contributed by atoms with Crippen molar-refractivity contribution in [1.29, 1.82) is 0 Å². The molecule has 0 aliphatic carbocycles. The largest absolute Gasteiger partial charge is 0.378 e. The van der Waals surface area contributed by atoms with Crippen LogP contribution in [0.15, 0.2) is 12.1 Å². The molecule has 100 valence electrons. The minimum atomic E-state index is -0.0109. The fourth-order valence-corrected chi connectivity index (χ4v) is 3.80. The van der Waals surface area contributed by atoms with Gasteiger partial charge in [0.1, 0.15) is 0 Å². The van der Waals surface area contributed by atoms with Crippen LogP contribution in [0.5, 0.6) is 0 Å². The summed E-state index contributed by atoms with van der Waals surface area (Å²) in [6, 6.07) is 4.58.